The van der Waals surface area contributed by atoms with E-state index < -0.39 is 0 Å². The topological polar surface area (TPSA) is 0 Å². The first kappa shape index (κ1) is 19.1. The van der Waals surface area contributed by atoms with Gasteiger partial charge in [0.1, 0.15) is 0 Å². The molecule has 0 nitrogen and oxygen atoms in total. The van der Waals surface area contributed by atoms with E-state index in [2.05, 4.69) is 90.2 Å². The van der Waals surface area contributed by atoms with Crippen LogP contribution in [0.4, 0.5) is 0 Å². The average Bonchev–Trinajstić information content (AvgIpc) is 2.79. The number of hydrogen-bond donors (Lipinski definition) is 0. The summed E-state index contributed by atoms with van der Waals surface area (Å²) in [6.45, 7) is 4.53. The fraction of sp³-hybridized carbons (Fsp3) is 0.400. The Balaban J connectivity index is 2.19. The minimum absolute atomic E-state index is 0.464. The molecule has 23 heavy (non-hydrogen) atoms. The molecule has 0 saturated heterocycles. The van der Waals surface area contributed by atoms with Crippen LogP contribution in [0.25, 0.3) is 0 Å². The van der Waals surface area contributed by atoms with Gasteiger partial charge in [0, 0.05) is 0 Å². The Kier molecular flexibility index (Phi) is 7.69. The summed E-state index contributed by atoms with van der Waals surface area (Å²) in [6.07, 6.45) is 22.0. The van der Waals surface area contributed by atoms with Crippen molar-refractivity contribution in [1.82, 2.24) is 0 Å². The molecule has 0 amide bonds. The summed E-state index contributed by atoms with van der Waals surface area (Å²) in [5.74, 6) is 1.67. The maximum absolute atomic E-state index is 2.89. The highest BCUT2D eigenvalue weighted by atomic mass is 31.0. The molecule has 0 aliphatic heterocycles. The lowest BCUT2D eigenvalue weighted by molar-refractivity contribution is 0.669. The summed E-state index contributed by atoms with van der Waals surface area (Å²) >= 11 is 0. The molecule has 0 N–H and O–H groups in total. The predicted molar refractivity (Wildman–Crippen MR) is 116 cm³/mol. The van der Waals surface area contributed by atoms with Gasteiger partial charge in [-0.1, -0.05) is 68.0 Å². The van der Waals surface area contributed by atoms with Crippen LogP contribution >= 0.6 is 27.7 Å². The van der Waals surface area contributed by atoms with Crippen LogP contribution in [-0.2, 0) is 0 Å². The van der Waals surface area contributed by atoms with Crippen molar-refractivity contribution in [3.05, 3.63) is 70.6 Å². The van der Waals surface area contributed by atoms with E-state index in [9.17, 15) is 0 Å². The van der Waals surface area contributed by atoms with Gasteiger partial charge in [0.25, 0.3) is 0 Å². The maximum Gasteiger partial charge on any atom is -0.00635 e. The van der Waals surface area contributed by atoms with Crippen LogP contribution in [0.3, 0.4) is 0 Å². The van der Waals surface area contributed by atoms with Gasteiger partial charge in [0.15, 0.2) is 0 Å². The summed E-state index contributed by atoms with van der Waals surface area (Å²) in [7, 11) is 8.58. The molecule has 0 heterocycles. The largest absolute Gasteiger partial charge is 0.137 e. The van der Waals surface area contributed by atoms with Crippen LogP contribution in [0.15, 0.2) is 70.6 Å². The van der Waals surface area contributed by atoms with Gasteiger partial charge in [0.2, 0.25) is 0 Å². The van der Waals surface area contributed by atoms with Crippen LogP contribution in [0.5, 0.6) is 0 Å². The number of rotatable bonds is 5. The summed E-state index contributed by atoms with van der Waals surface area (Å²) < 4.78 is 0. The van der Waals surface area contributed by atoms with Crippen molar-refractivity contribution in [2.75, 3.05) is 12.3 Å². The molecule has 0 aromatic carbocycles. The van der Waals surface area contributed by atoms with Crippen molar-refractivity contribution in [2.24, 2.45) is 17.8 Å². The fourth-order valence-corrected chi connectivity index (χ4v) is 4.53. The van der Waals surface area contributed by atoms with Crippen LogP contribution < -0.4 is 0 Å². The third-order valence-corrected chi connectivity index (χ3v) is 5.99. The molecule has 0 radical (unpaired) electrons. The minimum Gasteiger partial charge on any atom is -0.137 e. The second-order valence-electron chi connectivity index (χ2n) is 6.58. The maximum atomic E-state index is 2.89. The van der Waals surface area contributed by atoms with Crippen LogP contribution in [0, 0.1) is 17.8 Å². The molecule has 0 aromatic heterocycles. The summed E-state index contributed by atoms with van der Waals surface area (Å²) in [5, 5.41) is 1.26. The Hall–Kier alpha value is -0.270. The Bertz CT molecular complexity index is 598. The Morgan fingerprint density at radius 3 is 2.00 bits per heavy atom. The molecule has 2 aliphatic rings. The molecule has 5 unspecified atom stereocenters. The quantitative estimate of drug-likeness (QED) is 0.551. The first-order valence-electron chi connectivity index (χ1n) is 8.40. The number of hydrogen-bond acceptors (Lipinski definition) is 0. The highest BCUT2D eigenvalue weighted by Crippen LogP contribution is 2.29. The van der Waals surface area contributed by atoms with E-state index in [0.717, 1.165) is 24.7 Å². The van der Waals surface area contributed by atoms with Crippen molar-refractivity contribution in [1.29, 1.82) is 0 Å². The Morgan fingerprint density at radius 2 is 1.39 bits per heavy atom. The SMILES string of the molecule is CC1C=C(P)C=CC(C2=CC(C)C=C(CC(CP)CP)C=C2)=C1. The van der Waals surface area contributed by atoms with Gasteiger partial charge >= 0.3 is 0 Å². The minimum atomic E-state index is 0.464. The van der Waals surface area contributed by atoms with E-state index in [4.69, 9.17) is 0 Å². The van der Waals surface area contributed by atoms with Gasteiger partial charge in [-0.05, 0) is 53.0 Å². The molecule has 0 bridgehead atoms. The first-order valence-corrected chi connectivity index (χ1v) is 10.6. The normalized spacial score (nSPS) is 24.6. The molecule has 0 aromatic rings. The Labute approximate surface area is 149 Å². The zero-order chi connectivity index (χ0) is 16.8. The molecule has 5 atom stereocenters. The van der Waals surface area contributed by atoms with Crippen molar-refractivity contribution < 1.29 is 0 Å². The van der Waals surface area contributed by atoms with Crippen LogP contribution in [0.2, 0.25) is 0 Å². The fourth-order valence-electron chi connectivity index (χ4n) is 3.03. The molecule has 124 valence electrons. The van der Waals surface area contributed by atoms with Crippen LogP contribution in [0.1, 0.15) is 20.3 Å². The van der Waals surface area contributed by atoms with E-state index in [1.807, 2.05) is 0 Å². The zero-order valence-corrected chi connectivity index (χ0v) is 17.7. The summed E-state index contributed by atoms with van der Waals surface area (Å²) in [4.78, 5) is 0. The van der Waals surface area contributed by atoms with E-state index in [1.54, 1.807) is 0 Å². The standard InChI is InChI=1S/C20H29P3/c1-14-7-16(11-17(12-21)13-22)3-4-18(8-14)19-5-6-20(23)10-15(2)9-19/h3-10,14-15,17H,11-13,21-23H2,1-2H3. The molecule has 0 spiro atoms. The summed E-state index contributed by atoms with van der Waals surface area (Å²) in [6, 6.07) is 0. The van der Waals surface area contributed by atoms with E-state index in [0.29, 0.717) is 11.8 Å². The number of allylic oxidation sites excluding steroid dienone is 12. The van der Waals surface area contributed by atoms with Gasteiger partial charge < -0.3 is 0 Å². The second kappa shape index (κ2) is 9.28. The molecule has 2 aliphatic carbocycles. The smallest absolute Gasteiger partial charge is 0.00635 e. The third-order valence-electron chi connectivity index (χ3n) is 4.27. The first-order chi connectivity index (χ1) is 11.0. The van der Waals surface area contributed by atoms with Gasteiger partial charge in [-0.3, -0.25) is 0 Å². The highest BCUT2D eigenvalue weighted by molar-refractivity contribution is 7.22. The highest BCUT2D eigenvalue weighted by Gasteiger charge is 2.12. The molecule has 0 saturated carbocycles. The van der Waals surface area contributed by atoms with E-state index in [-0.39, 0.29) is 0 Å². The van der Waals surface area contributed by atoms with Crippen molar-refractivity contribution >= 4 is 27.7 Å². The lowest BCUT2D eigenvalue weighted by atomic mass is 9.98. The van der Waals surface area contributed by atoms with Crippen molar-refractivity contribution in [2.45, 2.75) is 20.3 Å². The zero-order valence-electron chi connectivity index (χ0n) is 14.2. The van der Waals surface area contributed by atoms with Gasteiger partial charge in [0.05, 0.1) is 0 Å². The van der Waals surface area contributed by atoms with Gasteiger partial charge in [-0.15, -0.1) is 27.7 Å². The van der Waals surface area contributed by atoms with E-state index >= 15 is 0 Å². The lowest BCUT2D eigenvalue weighted by Crippen LogP contribution is -2.04. The Morgan fingerprint density at radius 1 is 0.826 bits per heavy atom. The molecular formula is C20H29P3. The summed E-state index contributed by atoms with van der Waals surface area (Å²) in [5.41, 5.74) is 4.14. The van der Waals surface area contributed by atoms with Crippen molar-refractivity contribution in [3.8, 4) is 0 Å². The average molecular weight is 362 g/mol. The van der Waals surface area contributed by atoms with E-state index in [1.165, 1.54) is 22.0 Å². The molecule has 3 heteroatoms. The van der Waals surface area contributed by atoms with Crippen molar-refractivity contribution in [3.63, 3.8) is 0 Å². The predicted octanol–water partition coefficient (Wildman–Crippen LogP) is 5.69. The van der Waals surface area contributed by atoms with Crippen LogP contribution in [-0.4, -0.2) is 12.3 Å². The van der Waals surface area contributed by atoms with Gasteiger partial charge in [-0.25, -0.2) is 0 Å². The van der Waals surface area contributed by atoms with Gasteiger partial charge in [-0.2, -0.15) is 0 Å². The molecule has 2 rings (SSSR count). The lowest BCUT2D eigenvalue weighted by Gasteiger charge is -2.12. The molecule has 0 fully saturated rings. The molecular weight excluding hydrogens is 333 g/mol. The monoisotopic (exact) mass is 362 g/mol. The third kappa shape index (κ3) is 5.94. The second-order valence-corrected chi connectivity index (χ2v) is 8.19.